The van der Waals surface area contributed by atoms with E-state index in [9.17, 15) is 4.79 Å². The lowest BCUT2D eigenvalue weighted by Gasteiger charge is -2.05. The van der Waals surface area contributed by atoms with Crippen molar-refractivity contribution in [1.29, 1.82) is 0 Å². The van der Waals surface area contributed by atoms with Crippen molar-refractivity contribution in [3.05, 3.63) is 59.0 Å². The van der Waals surface area contributed by atoms with Crippen molar-refractivity contribution in [3.8, 4) is 0 Å². The fourth-order valence-corrected chi connectivity index (χ4v) is 1.52. The van der Waals surface area contributed by atoms with E-state index in [1.165, 1.54) is 12.5 Å². The maximum Gasteiger partial charge on any atom is 0.254 e. The molecule has 2 aromatic rings. The minimum Gasteiger partial charge on any atom is -0.472 e. The topological polar surface area (TPSA) is 42.2 Å². The van der Waals surface area contributed by atoms with Crippen LogP contribution in [-0.4, -0.2) is 5.91 Å². The van der Waals surface area contributed by atoms with E-state index < -0.39 is 0 Å². The summed E-state index contributed by atoms with van der Waals surface area (Å²) in [5.74, 6) is -0.173. The Morgan fingerprint density at radius 1 is 1.31 bits per heavy atom. The molecule has 0 radical (unpaired) electrons. The van der Waals surface area contributed by atoms with Gasteiger partial charge in [0.1, 0.15) is 6.26 Å². The lowest BCUT2D eigenvalue weighted by atomic mass is 10.2. The highest BCUT2D eigenvalue weighted by molar-refractivity contribution is 6.31. The summed E-state index contributed by atoms with van der Waals surface area (Å²) < 4.78 is 4.82. The van der Waals surface area contributed by atoms with Crippen molar-refractivity contribution in [3.63, 3.8) is 0 Å². The fourth-order valence-electron chi connectivity index (χ4n) is 1.31. The van der Waals surface area contributed by atoms with E-state index in [4.69, 9.17) is 16.0 Å². The second kappa shape index (κ2) is 4.86. The van der Waals surface area contributed by atoms with Crippen LogP contribution in [0, 0.1) is 0 Å². The van der Waals surface area contributed by atoms with Gasteiger partial charge in [0.2, 0.25) is 0 Å². The minimum absolute atomic E-state index is 0.173. The van der Waals surface area contributed by atoms with Gasteiger partial charge in [-0.1, -0.05) is 29.8 Å². The lowest BCUT2D eigenvalue weighted by Crippen LogP contribution is -2.22. The number of halogens is 1. The molecule has 2 rings (SSSR count). The van der Waals surface area contributed by atoms with Crippen LogP contribution in [0.3, 0.4) is 0 Å². The van der Waals surface area contributed by atoms with E-state index in [0.717, 1.165) is 5.56 Å². The molecule has 1 N–H and O–H groups in total. The molecule has 4 heteroatoms. The van der Waals surface area contributed by atoms with Gasteiger partial charge in [0.15, 0.2) is 0 Å². The van der Waals surface area contributed by atoms with Gasteiger partial charge in [-0.15, -0.1) is 0 Å². The summed E-state index contributed by atoms with van der Waals surface area (Å²) in [5, 5.41) is 3.41. The predicted molar refractivity (Wildman–Crippen MR) is 61.3 cm³/mol. The standard InChI is InChI=1S/C12H10ClNO2/c13-11-4-2-1-3-9(11)7-14-12(15)10-5-6-16-8-10/h1-6,8H,7H2,(H,14,15). The molecule has 0 saturated carbocycles. The monoisotopic (exact) mass is 235 g/mol. The molecule has 0 fully saturated rings. The minimum atomic E-state index is -0.173. The first-order chi connectivity index (χ1) is 7.77. The van der Waals surface area contributed by atoms with E-state index in [1.807, 2.05) is 18.2 Å². The van der Waals surface area contributed by atoms with Crippen LogP contribution in [0.25, 0.3) is 0 Å². The number of hydrogen-bond donors (Lipinski definition) is 1. The number of rotatable bonds is 3. The highest BCUT2D eigenvalue weighted by atomic mass is 35.5. The predicted octanol–water partition coefficient (Wildman–Crippen LogP) is 2.86. The zero-order valence-corrected chi connectivity index (χ0v) is 9.20. The van der Waals surface area contributed by atoms with Gasteiger partial charge in [-0.2, -0.15) is 0 Å². The van der Waals surface area contributed by atoms with Crippen molar-refractivity contribution < 1.29 is 9.21 Å². The quantitative estimate of drug-likeness (QED) is 0.889. The van der Waals surface area contributed by atoms with Gasteiger partial charge >= 0.3 is 0 Å². The van der Waals surface area contributed by atoms with Crippen LogP contribution in [-0.2, 0) is 6.54 Å². The third-order valence-electron chi connectivity index (χ3n) is 2.18. The number of hydrogen-bond acceptors (Lipinski definition) is 2. The van der Waals surface area contributed by atoms with Gasteiger partial charge < -0.3 is 9.73 Å². The first-order valence-corrected chi connectivity index (χ1v) is 5.19. The Bertz CT molecular complexity index is 480. The first-order valence-electron chi connectivity index (χ1n) is 4.81. The zero-order chi connectivity index (χ0) is 11.4. The Balaban J connectivity index is 1.98. The van der Waals surface area contributed by atoms with E-state index in [0.29, 0.717) is 17.1 Å². The molecule has 82 valence electrons. The van der Waals surface area contributed by atoms with Crippen molar-refractivity contribution >= 4 is 17.5 Å². The van der Waals surface area contributed by atoms with E-state index in [1.54, 1.807) is 12.1 Å². The molecule has 1 aromatic heterocycles. The zero-order valence-electron chi connectivity index (χ0n) is 8.44. The van der Waals surface area contributed by atoms with Gasteiger partial charge in [-0.3, -0.25) is 4.79 Å². The molecular weight excluding hydrogens is 226 g/mol. The third-order valence-corrected chi connectivity index (χ3v) is 2.55. The Labute approximate surface area is 98.0 Å². The highest BCUT2D eigenvalue weighted by Gasteiger charge is 2.06. The molecule has 0 bridgehead atoms. The SMILES string of the molecule is O=C(NCc1ccccc1Cl)c1ccoc1. The Kier molecular flexibility index (Phi) is 3.27. The van der Waals surface area contributed by atoms with Crippen LogP contribution in [0.1, 0.15) is 15.9 Å². The number of furan rings is 1. The average molecular weight is 236 g/mol. The third kappa shape index (κ3) is 2.44. The molecule has 0 aliphatic heterocycles. The normalized spacial score (nSPS) is 10.1. The highest BCUT2D eigenvalue weighted by Crippen LogP contribution is 2.14. The summed E-state index contributed by atoms with van der Waals surface area (Å²) in [7, 11) is 0. The van der Waals surface area contributed by atoms with E-state index >= 15 is 0 Å². The fraction of sp³-hybridized carbons (Fsp3) is 0.0833. The second-order valence-electron chi connectivity index (χ2n) is 3.29. The molecule has 0 unspecified atom stereocenters. The Morgan fingerprint density at radius 3 is 2.81 bits per heavy atom. The van der Waals surface area contributed by atoms with Crippen LogP contribution in [0.4, 0.5) is 0 Å². The van der Waals surface area contributed by atoms with E-state index in [2.05, 4.69) is 5.32 Å². The number of carbonyl (C=O) groups is 1. The summed E-state index contributed by atoms with van der Waals surface area (Å²) in [4.78, 5) is 11.6. The van der Waals surface area contributed by atoms with Crippen LogP contribution in [0.2, 0.25) is 5.02 Å². The van der Waals surface area contributed by atoms with E-state index in [-0.39, 0.29) is 5.91 Å². The largest absolute Gasteiger partial charge is 0.472 e. The smallest absolute Gasteiger partial charge is 0.254 e. The molecule has 0 atom stereocenters. The molecule has 3 nitrogen and oxygen atoms in total. The van der Waals surface area contributed by atoms with Gasteiger partial charge in [0, 0.05) is 11.6 Å². The van der Waals surface area contributed by atoms with Crippen LogP contribution < -0.4 is 5.32 Å². The second-order valence-corrected chi connectivity index (χ2v) is 3.69. The lowest BCUT2D eigenvalue weighted by molar-refractivity contribution is 0.0950. The molecule has 16 heavy (non-hydrogen) atoms. The summed E-state index contributed by atoms with van der Waals surface area (Å²) in [6.07, 6.45) is 2.87. The Hall–Kier alpha value is -1.74. The van der Waals surface area contributed by atoms with Crippen molar-refractivity contribution in [2.75, 3.05) is 0 Å². The van der Waals surface area contributed by atoms with Crippen LogP contribution in [0.5, 0.6) is 0 Å². The molecule has 1 aromatic carbocycles. The van der Waals surface area contributed by atoms with Gasteiger partial charge in [-0.25, -0.2) is 0 Å². The Morgan fingerprint density at radius 2 is 2.12 bits per heavy atom. The number of amides is 1. The summed E-state index contributed by atoms with van der Waals surface area (Å²) in [6, 6.07) is 9.01. The van der Waals surface area contributed by atoms with Crippen LogP contribution >= 0.6 is 11.6 Å². The van der Waals surface area contributed by atoms with Crippen molar-refractivity contribution in [2.45, 2.75) is 6.54 Å². The van der Waals surface area contributed by atoms with Gasteiger partial charge in [-0.05, 0) is 17.7 Å². The summed E-state index contributed by atoms with van der Waals surface area (Å²) in [5.41, 5.74) is 1.40. The van der Waals surface area contributed by atoms with Crippen molar-refractivity contribution in [1.82, 2.24) is 5.32 Å². The average Bonchev–Trinajstić information content (AvgIpc) is 2.81. The summed E-state index contributed by atoms with van der Waals surface area (Å²) in [6.45, 7) is 0.406. The number of carbonyl (C=O) groups excluding carboxylic acids is 1. The molecule has 0 spiro atoms. The van der Waals surface area contributed by atoms with Gasteiger partial charge in [0.05, 0.1) is 11.8 Å². The molecule has 0 aliphatic rings. The molecule has 1 heterocycles. The van der Waals surface area contributed by atoms with Crippen molar-refractivity contribution in [2.24, 2.45) is 0 Å². The number of nitrogens with one attached hydrogen (secondary N) is 1. The van der Waals surface area contributed by atoms with Crippen LogP contribution in [0.15, 0.2) is 47.3 Å². The molecule has 1 amide bonds. The number of benzene rings is 1. The first kappa shape index (κ1) is 10.8. The molecular formula is C12H10ClNO2. The molecule has 0 saturated heterocycles. The molecule has 0 aliphatic carbocycles. The maximum atomic E-state index is 11.6. The maximum absolute atomic E-state index is 11.6. The van der Waals surface area contributed by atoms with Gasteiger partial charge in [0.25, 0.3) is 5.91 Å². The summed E-state index contributed by atoms with van der Waals surface area (Å²) >= 11 is 5.96.